The number of hydrogen-bond donors (Lipinski definition) is 2. The molecule has 0 aromatic heterocycles. The second-order valence-electron chi connectivity index (χ2n) is 4.47. The minimum Gasteiger partial charge on any atom is -0.392 e. The van der Waals surface area contributed by atoms with Gasteiger partial charge in [0, 0.05) is 26.5 Å². The molecule has 1 aliphatic heterocycles. The maximum absolute atomic E-state index is 12.0. The van der Waals surface area contributed by atoms with E-state index in [1.807, 2.05) is 17.0 Å². The number of hydrogen-bond acceptors (Lipinski definition) is 3. The molecule has 104 valence electrons. The number of aliphatic hydroxyl groups is 1. The normalized spacial score (nSPS) is 19.7. The molecule has 1 fully saturated rings. The van der Waals surface area contributed by atoms with Gasteiger partial charge in [-0.05, 0) is 50.4 Å². The average molecular weight is 457 g/mol. The van der Waals surface area contributed by atoms with E-state index in [1.165, 1.54) is 0 Å². The lowest BCUT2D eigenvalue weighted by Crippen LogP contribution is -2.32. The molecule has 1 amide bonds. The Kier molecular flexibility index (Phi) is 5.42. The molecule has 1 saturated heterocycles. The Hall–Kier alpha value is 0.0500. The molecule has 0 spiro atoms. The molecule has 0 radical (unpaired) electrons. The van der Waals surface area contributed by atoms with Gasteiger partial charge in [-0.15, -0.1) is 0 Å². The summed E-state index contributed by atoms with van der Waals surface area (Å²) in [5.41, 5.74) is 0.716. The molecule has 19 heavy (non-hydrogen) atoms. The van der Waals surface area contributed by atoms with Crippen molar-refractivity contribution in [1.29, 1.82) is 0 Å². The van der Waals surface area contributed by atoms with Crippen molar-refractivity contribution >= 4 is 59.4 Å². The minimum atomic E-state index is -0.307. The third-order valence-electron chi connectivity index (χ3n) is 2.89. The minimum absolute atomic E-state index is 0.0853. The molecular weight excluding hydrogens is 444 g/mol. The van der Waals surface area contributed by atoms with Crippen LogP contribution in [0.4, 0.5) is 5.69 Å². The third-order valence-corrected chi connectivity index (χ3v) is 4.59. The van der Waals surface area contributed by atoms with Crippen molar-refractivity contribution in [2.24, 2.45) is 0 Å². The number of nitrogens with one attached hydrogen (secondary N) is 1. The van der Waals surface area contributed by atoms with Crippen molar-refractivity contribution in [2.75, 3.05) is 25.0 Å². The maximum Gasteiger partial charge on any atom is 0.238 e. The van der Waals surface area contributed by atoms with Gasteiger partial charge in [-0.3, -0.25) is 9.69 Å². The molecule has 0 unspecified atom stereocenters. The number of carbonyl (C=O) groups is 1. The number of likely N-dealkylation sites (tertiary alicyclic amines) is 1. The van der Waals surface area contributed by atoms with Crippen LogP contribution < -0.4 is 5.32 Å². The molecular formula is C12H13Br3N2O2. The van der Waals surface area contributed by atoms with E-state index in [0.29, 0.717) is 18.8 Å². The van der Waals surface area contributed by atoms with Gasteiger partial charge in [0.1, 0.15) is 0 Å². The number of carbonyl (C=O) groups excluding carboxylic acids is 1. The molecule has 1 heterocycles. The van der Waals surface area contributed by atoms with Crippen LogP contribution >= 0.6 is 47.8 Å². The zero-order chi connectivity index (χ0) is 14.0. The van der Waals surface area contributed by atoms with Crippen LogP contribution in [0.2, 0.25) is 0 Å². The van der Waals surface area contributed by atoms with E-state index in [2.05, 4.69) is 53.1 Å². The Morgan fingerprint density at radius 1 is 1.37 bits per heavy atom. The molecule has 7 heteroatoms. The van der Waals surface area contributed by atoms with Crippen LogP contribution in [0.3, 0.4) is 0 Å². The average Bonchev–Trinajstić information content (AvgIpc) is 2.69. The molecule has 0 aliphatic carbocycles. The highest BCUT2D eigenvalue weighted by Gasteiger charge is 2.22. The van der Waals surface area contributed by atoms with Gasteiger partial charge >= 0.3 is 0 Å². The fraction of sp³-hybridized carbons (Fsp3) is 0.417. The lowest BCUT2D eigenvalue weighted by Gasteiger charge is -2.16. The number of rotatable bonds is 3. The lowest BCUT2D eigenvalue weighted by molar-refractivity contribution is -0.117. The first-order valence-corrected chi connectivity index (χ1v) is 8.18. The van der Waals surface area contributed by atoms with Crippen LogP contribution in [0, 0.1) is 0 Å². The van der Waals surface area contributed by atoms with Crippen molar-refractivity contribution in [2.45, 2.75) is 12.5 Å². The number of nitrogens with zero attached hydrogens (tertiary/aromatic N) is 1. The maximum atomic E-state index is 12.0. The van der Waals surface area contributed by atoms with Gasteiger partial charge in [-0.2, -0.15) is 0 Å². The highest BCUT2D eigenvalue weighted by molar-refractivity contribution is 9.11. The first-order chi connectivity index (χ1) is 8.95. The number of amides is 1. The third kappa shape index (κ3) is 4.26. The Morgan fingerprint density at radius 3 is 2.53 bits per heavy atom. The fourth-order valence-corrected chi connectivity index (χ4v) is 4.46. The second kappa shape index (κ2) is 6.67. The van der Waals surface area contributed by atoms with E-state index in [-0.39, 0.29) is 12.0 Å². The Balaban J connectivity index is 1.99. The van der Waals surface area contributed by atoms with Gasteiger partial charge < -0.3 is 10.4 Å². The van der Waals surface area contributed by atoms with Crippen molar-refractivity contribution in [1.82, 2.24) is 4.90 Å². The van der Waals surface area contributed by atoms with Crippen LogP contribution in [-0.2, 0) is 4.79 Å². The molecule has 4 nitrogen and oxygen atoms in total. The van der Waals surface area contributed by atoms with E-state index >= 15 is 0 Å². The number of β-amino-alcohol motifs (C(OH)–C–C–N with tert-alkyl or cyclic N) is 1. The Labute approximate surface area is 136 Å². The molecule has 0 saturated carbocycles. The molecule has 2 N–H and O–H groups in total. The summed E-state index contributed by atoms with van der Waals surface area (Å²) in [6, 6.07) is 3.75. The van der Waals surface area contributed by atoms with E-state index in [9.17, 15) is 9.90 Å². The SMILES string of the molecule is O=C(CN1CC[C@H](O)C1)Nc1c(Br)cc(Br)cc1Br. The van der Waals surface area contributed by atoms with E-state index in [1.54, 1.807) is 0 Å². The van der Waals surface area contributed by atoms with Crippen LogP contribution in [0.1, 0.15) is 6.42 Å². The topological polar surface area (TPSA) is 52.6 Å². The van der Waals surface area contributed by atoms with Gasteiger partial charge in [0.25, 0.3) is 0 Å². The van der Waals surface area contributed by atoms with E-state index in [4.69, 9.17) is 0 Å². The Bertz CT molecular complexity index is 473. The van der Waals surface area contributed by atoms with Crippen molar-refractivity contribution in [3.63, 3.8) is 0 Å². The van der Waals surface area contributed by atoms with Crippen molar-refractivity contribution < 1.29 is 9.90 Å². The molecule has 2 rings (SSSR count). The number of anilines is 1. The van der Waals surface area contributed by atoms with Gasteiger partial charge in [0.15, 0.2) is 0 Å². The van der Waals surface area contributed by atoms with E-state index < -0.39 is 0 Å². The fourth-order valence-electron chi connectivity index (χ4n) is 2.00. The Morgan fingerprint density at radius 2 is 2.00 bits per heavy atom. The molecule has 1 aromatic carbocycles. The van der Waals surface area contributed by atoms with Gasteiger partial charge in [0.2, 0.25) is 5.91 Å². The summed E-state index contributed by atoms with van der Waals surface area (Å²) >= 11 is 10.2. The van der Waals surface area contributed by atoms with Crippen molar-refractivity contribution in [3.05, 3.63) is 25.6 Å². The largest absolute Gasteiger partial charge is 0.392 e. The van der Waals surface area contributed by atoms with Crippen molar-refractivity contribution in [3.8, 4) is 0 Å². The predicted molar refractivity (Wildman–Crippen MR) is 85.2 cm³/mol. The first kappa shape index (κ1) is 15.4. The summed E-state index contributed by atoms with van der Waals surface area (Å²) in [6.07, 6.45) is 0.429. The van der Waals surface area contributed by atoms with Crippen LogP contribution in [0.5, 0.6) is 0 Å². The molecule has 1 aromatic rings. The zero-order valence-electron chi connectivity index (χ0n) is 10.00. The summed E-state index contributed by atoms with van der Waals surface area (Å²) < 4.78 is 2.54. The summed E-state index contributed by atoms with van der Waals surface area (Å²) in [7, 11) is 0. The molecule has 1 aliphatic rings. The summed E-state index contributed by atoms with van der Waals surface area (Å²) in [5.74, 6) is -0.0853. The van der Waals surface area contributed by atoms with Gasteiger partial charge in [-0.1, -0.05) is 15.9 Å². The summed E-state index contributed by atoms with van der Waals surface area (Å²) in [6.45, 7) is 1.62. The first-order valence-electron chi connectivity index (χ1n) is 5.80. The van der Waals surface area contributed by atoms with E-state index in [0.717, 1.165) is 26.4 Å². The standard InChI is InChI=1S/C12H13Br3N2O2/c13-7-3-9(14)12(10(15)4-7)16-11(19)6-17-2-1-8(18)5-17/h3-4,8,18H,1-2,5-6H2,(H,16,19)/t8-/m0/s1. The highest BCUT2D eigenvalue weighted by atomic mass is 79.9. The number of aliphatic hydroxyl groups excluding tert-OH is 1. The van der Waals surface area contributed by atoms with Crippen LogP contribution in [-0.4, -0.2) is 41.7 Å². The summed E-state index contributed by atoms with van der Waals surface area (Å²) in [5, 5.41) is 12.3. The number of benzene rings is 1. The van der Waals surface area contributed by atoms with Crippen LogP contribution in [0.25, 0.3) is 0 Å². The number of halogens is 3. The quantitative estimate of drug-likeness (QED) is 0.735. The monoisotopic (exact) mass is 454 g/mol. The highest BCUT2D eigenvalue weighted by Crippen LogP contribution is 2.34. The van der Waals surface area contributed by atoms with Gasteiger partial charge in [-0.25, -0.2) is 0 Å². The predicted octanol–water partition coefficient (Wildman–Crippen LogP) is 2.98. The molecule has 0 bridgehead atoms. The molecule has 1 atom stereocenters. The summed E-state index contributed by atoms with van der Waals surface area (Å²) in [4.78, 5) is 13.9. The smallest absolute Gasteiger partial charge is 0.238 e. The van der Waals surface area contributed by atoms with Crippen LogP contribution in [0.15, 0.2) is 25.6 Å². The zero-order valence-corrected chi connectivity index (χ0v) is 14.8. The lowest BCUT2D eigenvalue weighted by atomic mass is 10.3. The second-order valence-corrected chi connectivity index (χ2v) is 7.09. The van der Waals surface area contributed by atoms with Gasteiger partial charge in [0.05, 0.1) is 18.3 Å².